The molecule has 3 amide bonds. The minimum atomic E-state index is -1.57. The van der Waals surface area contributed by atoms with Crippen LogP contribution in [0.4, 0.5) is 5.69 Å². The molecule has 1 aromatic carbocycles. The second-order valence-electron chi connectivity index (χ2n) is 8.26. The number of amides is 3. The fourth-order valence-electron chi connectivity index (χ4n) is 5.93. The Hall–Kier alpha value is -2.41. The van der Waals surface area contributed by atoms with E-state index in [9.17, 15) is 14.4 Å². The summed E-state index contributed by atoms with van der Waals surface area (Å²) in [5.74, 6) is -0.993. The first kappa shape index (κ1) is 16.7. The number of anilines is 1. The smallest absolute Gasteiger partial charge is 0.265 e. The quantitative estimate of drug-likeness (QED) is 0.733. The maximum atomic E-state index is 13.7. The summed E-state index contributed by atoms with van der Waals surface area (Å²) in [6.45, 7) is 0. The van der Waals surface area contributed by atoms with Gasteiger partial charge in [-0.1, -0.05) is 37.5 Å². The summed E-state index contributed by atoms with van der Waals surface area (Å²) >= 11 is 0. The summed E-state index contributed by atoms with van der Waals surface area (Å²) in [4.78, 5) is 45.0. The van der Waals surface area contributed by atoms with Gasteiger partial charge in [-0.05, 0) is 24.5 Å². The van der Waals surface area contributed by atoms with Crippen LogP contribution in [0.3, 0.4) is 0 Å². The predicted molar refractivity (Wildman–Crippen MR) is 98.7 cm³/mol. The van der Waals surface area contributed by atoms with Crippen LogP contribution in [0.5, 0.6) is 0 Å². The molecule has 0 bridgehead atoms. The molecule has 7 nitrogen and oxygen atoms in total. The topological polar surface area (TPSA) is 86.9 Å². The average Bonchev–Trinajstić information content (AvgIpc) is 3.12. The first-order chi connectivity index (χ1) is 12.9. The fourth-order valence-corrected chi connectivity index (χ4v) is 5.93. The molecule has 3 fully saturated rings. The van der Waals surface area contributed by atoms with Crippen LogP contribution in [0.15, 0.2) is 24.3 Å². The zero-order chi connectivity index (χ0) is 19.1. The Labute approximate surface area is 158 Å². The Kier molecular flexibility index (Phi) is 3.16. The number of nitrogens with zero attached hydrogens (tertiary/aromatic N) is 3. The third-order valence-electron chi connectivity index (χ3n) is 7.24. The van der Waals surface area contributed by atoms with Gasteiger partial charge in [0.1, 0.15) is 6.04 Å². The molecule has 7 heteroatoms. The standard InChI is InChI=1S/C20H24N4O3/c1-22-16(25)15-19(17(22)26)13-10-6-7-11-14(13)23(2)20(19,21)18(27)24(15)12-8-4-3-5-9-12/h6-7,10-12,15H,3-5,8-9,21H2,1-2H3/t15-,19-,20-/m0/s1. The monoisotopic (exact) mass is 368 g/mol. The number of imide groups is 1. The lowest BCUT2D eigenvalue weighted by Gasteiger charge is -2.37. The predicted octanol–water partition coefficient (Wildman–Crippen LogP) is 0.571. The second-order valence-corrected chi connectivity index (χ2v) is 8.26. The number of likely N-dealkylation sites (N-methyl/N-ethyl adjacent to an activating group) is 2. The van der Waals surface area contributed by atoms with Gasteiger partial charge in [0.25, 0.3) is 11.8 Å². The molecule has 0 aromatic heterocycles. The summed E-state index contributed by atoms with van der Waals surface area (Å²) in [5.41, 5.74) is 5.31. The maximum Gasteiger partial charge on any atom is 0.265 e. The first-order valence-corrected chi connectivity index (χ1v) is 9.65. The molecule has 2 saturated heterocycles. The minimum absolute atomic E-state index is 0.0389. The normalized spacial score (nSPS) is 35.7. The summed E-state index contributed by atoms with van der Waals surface area (Å²) in [5, 5.41) is 0. The number of carbonyl (C=O) groups is 3. The Morgan fingerprint density at radius 2 is 1.67 bits per heavy atom. The Balaban J connectivity index is 1.79. The highest BCUT2D eigenvalue weighted by atomic mass is 16.2. The van der Waals surface area contributed by atoms with Gasteiger partial charge in [-0.2, -0.15) is 0 Å². The van der Waals surface area contributed by atoms with Crippen LogP contribution in [0.25, 0.3) is 0 Å². The van der Waals surface area contributed by atoms with E-state index in [0.717, 1.165) is 37.8 Å². The van der Waals surface area contributed by atoms with Crippen LogP contribution in [-0.2, 0) is 19.8 Å². The summed E-state index contributed by atoms with van der Waals surface area (Å²) < 4.78 is 0. The third-order valence-corrected chi connectivity index (χ3v) is 7.24. The van der Waals surface area contributed by atoms with Gasteiger partial charge < -0.3 is 9.80 Å². The van der Waals surface area contributed by atoms with Crippen LogP contribution >= 0.6 is 0 Å². The number of nitrogens with two attached hydrogens (primary N) is 1. The van der Waals surface area contributed by atoms with E-state index in [1.165, 1.54) is 11.9 Å². The summed E-state index contributed by atoms with van der Waals surface area (Å²) in [7, 11) is 3.26. The van der Waals surface area contributed by atoms with Gasteiger partial charge in [0, 0.05) is 25.8 Å². The number of benzene rings is 1. The van der Waals surface area contributed by atoms with Crippen molar-refractivity contribution in [1.82, 2.24) is 9.80 Å². The summed E-state index contributed by atoms with van der Waals surface area (Å²) in [6, 6.07) is 6.51. The van der Waals surface area contributed by atoms with E-state index in [1.807, 2.05) is 24.3 Å². The first-order valence-electron chi connectivity index (χ1n) is 9.65. The van der Waals surface area contributed by atoms with Crippen LogP contribution in [0.1, 0.15) is 37.7 Å². The van der Waals surface area contributed by atoms with Crippen molar-refractivity contribution < 1.29 is 14.4 Å². The lowest BCUT2D eigenvalue weighted by Crippen LogP contribution is -2.69. The lowest BCUT2D eigenvalue weighted by atomic mass is 9.71. The van der Waals surface area contributed by atoms with Crippen molar-refractivity contribution in [3.63, 3.8) is 0 Å². The molecular formula is C20H24N4O3. The number of likely N-dealkylation sites (tertiary alicyclic amines) is 2. The number of fused-ring (bicyclic) bond motifs is 1. The van der Waals surface area contributed by atoms with Gasteiger partial charge in [0.15, 0.2) is 11.1 Å². The molecule has 0 radical (unpaired) electrons. The van der Waals surface area contributed by atoms with Crippen molar-refractivity contribution in [3.8, 4) is 0 Å². The molecule has 3 heterocycles. The molecule has 4 aliphatic rings. The third kappa shape index (κ3) is 1.57. The molecule has 1 aromatic rings. The maximum absolute atomic E-state index is 13.7. The highest BCUT2D eigenvalue weighted by Gasteiger charge is 2.83. The van der Waals surface area contributed by atoms with Gasteiger partial charge in [-0.3, -0.25) is 25.0 Å². The van der Waals surface area contributed by atoms with Gasteiger partial charge in [-0.15, -0.1) is 0 Å². The summed E-state index contributed by atoms with van der Waals surface area (Å²) in [6.07, 6.45) is 4.89. The molecule has 3 atom stereocenters. The van der Waals surface area contributed by atoms with E-state index in [1.54, 1.807) is 16.8 Å². The van der Waals surface area contributed by atoms with Crippen molar-refractivity contribution in [3.05, 3.63) is 29.8 Å². The molecule has 2 N–H and O–H groups in total. The largest absolute Gasteiger partial charge is 0.347 e. The number of hydrogen-bond donors (Lipinski definition) is 1. The zero-order valence-electron chi connectivity index (χ0n) is 15.6. The fraction of sp³-hybridized carbons (Fsp3) is 0.550. The van der Waals surface area contributed by atoms with E-state index in [2.05, 4.69) is 0 Å². The van der Waals surface area contributed by atoms with Gasteiger partial charge in [0.2, 0.25) is 5.91 Å². The van der Waals surface area contributed by atoms with E-state index < -0.39 is 17.1 Å². The SMILES string of the molecule is CN1C(=O)[C@@H]2N(C3CCCCC3)C(=O)[C@]3(N)N(C)c4ccccc4[C@@]23C1=O. The van der Waals surface area contributed by atoms with E-state index in [-0.39, 0.29) is 23.8 Å². The number of hydrogen-bond acceptors (Lipinski definition) is 5. The molecule has 27 heavy (non-hydrogen) atoms. The average molecular weight is 368 g/mol. The Morgan fingerprint density at radius 1 is 1.00 bits per heavy atom. The Bertz CT molecular complexity index is 880. The molecular weight excluding hydrogens is 344 g/mol. The molecule has 3 aliphatic heterocycles. The van der Waals surface area contributed by atoms with E-state index in [4.69, 9.17) is 5.73 Å². The molecule has 1 saturated carbocycles. The number of rotatable bonds is 1. The van der Waals surface area contributed by atoms with E-state index in [0.29, 0.717) is 5.56 Å². The minimum Gasteiger partial charge on any atom is -0.347 e. The molecule has 1 aliphatic carbocycles. The van der Waals surface area contributed by atoms with Crippen molar-refractivity contribution in [1.29, 1.82) is 0 Å². The number of para-hydroxylation sites is 1. The molecule has 0 unspecified atom stereocenters. The van der Waals surface area contributed by atoms with Crippen LogP contribution in [0, 0.1) is 0 Å². The van der Waals surface area contributed by atoms with Crippen LogP contribution < -0.4 is 10.6 Å². The van der Waals surface area contributed by atoms with E-state index >= 15 is 0 Å². The second kappa shape index (κ2) is 5.10. The van der Waals surface area contributed by atoms with Gasteiger partial charge >= 0.3 is 0 Å². The van der Waals surface area contributed by atoms with Crippen LogP contribution in [0.2, 0.25) is 0 Å². The van der Waals surface area contributed by atoms with Crippen molar-refractivity contribution in [2.45, 2.75) is 55.3 Å². The lowest BCUT2D eigenvalue weighted by molar-refractivity contribution is -0.147. The van der Waals surface area contributed by atoms with Gasteiger partial charge in [0.05, 0.1) is 0 Å². The Morgan fingerprint density at radius 3 is 2.37 bits per heavy atom. The zero-order valence-corrected chi connectivity index (χ0v) is 15.6. The molecule has 142 valence electrons. The van der Waals surface area contributed by atoms with Gasteiger partial charge in [-0.25, -0.2) is 0 Å². The molecule has 5 rings (SSSR count). The van der Waals surface area contributed by atoms with Crippen LogP contribution in [-0.4, -0.2) is 59.4 Å². The highest BCUT2D eigenvalue weighted by Crippen LogP contribution is 2.60. The highest BCUT2D eigenvalue weighted by molar-refractivity contribution is 6.22. The molecule has 1 spiro atoms. The number of carbonyl (C=O) groups excluding carboxylic acids is 3. The van der Waals surface area contributed by atoms with Crippen molar-refractivity contribution in [2.24, 2.45) is 5.73 Å². The van der Waals surface area contributed by atoms with Crippen molar-refractivity contribution in [2.75, 3.05) is 19.0 Å². The van der Waals surface area contributed by atoms with Crippen molar-refractivity contribution >= 4 is 23.4 Å².